The summed E-state index contributed by atoms with van der Waals surface area (Å²) in [5.41, 5.74) is 5.19. The Hall–Kier alpha value is -4.25. The average Bonchev–Trinajstić information content (AvgIpc) is 3.48. The third-order valence-corrected chi connectivity index (χ3v) is 7.74. The van der Waals surface area contributed by atoms with E-state index >= 15 is 0 Å². The second-order valence-electron chi connectivity index (χ2n) is 11.0. The molecule has 5 rings (SSSR count). The van der Waals surface area contributed by atoms with Crippen molar-refractivity contribution in [2.75, 3.05) is 25.0 Å². The van der Waals surface area contributed by atoms with E-state index in [0.29, 0.717) is 37.2 Å². The van der Waals surface area contributed by atoms with E-state index < -0.39 is 12.3 Å². The molecule has 0 spiro atoms. The first-order valence-electron chi connectivity index (χ1n) is 14.9. The van der Waals surface area contributed by atoms with E-state index in [2.05, 4.69) is 50.2 Å². The highest BCUT2D eigenvalue weighted by Gasteiger charge is 2.32. The molecule has 2 aromatic carbocycles. The minimum absolute atomic E-state index is 0. The summed E-state index contributed by atoms with van der Waals surface area (Å²) in [7, 11) is 0. The quantitative estimate of drug-likeness (QED) is 0.185. The molecule has 0 radical (unpaired) electrons. The molecule has 3 heterocycles. The van der Waals surface area contributed by atoms with Crippen LogP contribution in [0, 0.1) is 13.8 Å². The molecule has 0 bridgehead atoms. The first-order valence-corrected chi connectivity index (χ1v) is 14.9. The lowest BCUT2D eigenvalue weighted by Crippen LogP contribution is -2.40. The van der Waals surface area contributed by atoms with E-state index in [1.807, 2.05) is 69.4 Å². The minimum Gasteiger partial charge on any atom is -0.364 e. The van der Waals surface area contributed by atoms with Crippen molar-refractivity contribution in [1.29, 1.82) is 0 Å². The number of nitrogens with one attached hydrogen (secondary N) is 3. The summed E-state index contributed by atoms with van der Waals surface area (Å²) < 4.78 is 7.33. The standard InChI is InChI=1S/C34H38N6O4.2ClH/c1-4-35-30(41)21-44-33(25-8-6-5-7-9-25)39-32(42)29-17-15-26-19-37-31(34(43)40(26)29)38-20-27(24-13-10-22(2)11-14-24)28-16-12-23(3)18-36-28;;/h5-14,16,18-19,27,29,33H,4,15,17,20-21H2,1-3H3,(H,35,41)(H,37,38)(H,39,42);2*1H/t27-,29-,33?;;/m0../s1. The molecule has 10 nitrogen and oxygen atoms in total. The number of hydrogen-bond acceptors (Lipinski definition) is 7. The topological polar surface area (TPSA) is 127 Å². The molecule has 0 fully saturated rings. The number of halogens is 2. The Labute approximate surface area is 281 Å². The average molecular weight is 668 g/mol. The van der Waals surface area contributed by atoms with Crippen LogP contribution in [0.5, 0.6) is 0 Å². The van der Waals surface area contributed by atoms with E-state index in [1.54, 1.807) is 6.20 Å². The van der Waals surface area contributed by atoms with E-state index in [4.69, 9.17) is 4.74 Å². The Bertz CT molecular complexity index is 1600. The number of aryl methyl sites for hydroxylation is 3. The van der Waals surface area contributed by atoms with Crippen molar-refractivity contribution < 1.29 is 14.3 Å². The van der Waals surface area contributed by atoms with Crippen molar-refractivity contribution in [2.45, 2.75) is 51.8 Å². The monoisotopic (exact) mass is 666 g/mol. The van der Waals surface area contributed by atoms with Gasteiger partial charge in [-0.3, -0.25) is 23.9 Å². The van der Waals surface area contributed by atoms with E-state index in [0.717, 1.165) is 22.4 Å². The summed E-state index contributed by atoms with van der Waals surface area (Å²) in [4.78, 5) is 48.5. The molecule has 1 unspecified atom stereocenters. The molecule has 12 heteroatoms. The van der Waals surface area contributed by atoms with Crippen LogP contribution in [0.4, 0.5) is 5.82 Å². The Morgan fingerprint density at radius 2 is 1.65 bits per heavy atom. The molecule has 244 valence electrons. The normalized spacial score (nSPS) is 14.5. The molecule has 0 saturated heterocycles. The lowest BCUT2D eigenvalue weighted by atomic mass is 9.94. The van der Waals surface area contributed by atoms with Crippen molar-refractivity contribution in [3.63, 3.8) is 0 Å². The van der Waals surface area contributed by atoms with Crippen LogP contribution >= 0.6 is 24.8 Å². The number of rotatable bonds is 12. The van der Waals surface area contributed by atoms with Crippen molar-refractivity contribution >= 4 is 42.4 Å². The largest absolute Gasteiger partial charge is 0.364 e. The van der Waals surface area contributed by atoms with Crippen LogP contribution in [-0.2, 0) is 20.7 Å². The Kier molecular flexibility index (Phi) is 13.3. The summed E-state index contributed by atoms with van der Waals surface area (Å²) in [6.07, 6.45) is 3.62. The summed E-state index contributed by atoms with van der Waals surface area (Å²) in [5.74, 6) is -0.598. The number of benzene rings is 2. The number of fused-ring (bicyclic) bond motifs is 1. The number of aromatic nitrogens is 3. The molecule has 1 aliphatic rings. The van der Waals surface area contributed by atoms with Gasteiger partial charge in [0.15, 0.2) is 12.0 Å². The van der Waals surface area contributed by atoms with Crippen LogP contribution in [0.3, 0.4) is 0 Å². The fourth-order valence-corrected chi connectivity index (χ4v) is 5.37. The van der Waals surface area contributed by atoms with Gasteiger partial charge in [0.25, 0.3) is 5.56 Å². The number of amides is 2. The molecule has 2 aromatic heterocycles. The third-order valence-electron chi connectivity index (χ3n) is 7.74. The zero-order valence-corrected chi connectivity index (χ0v) is 27.7. The van der Waals surface area contributed by atoms with Crippen LogP contribution in [0.2, 0.25) is 0 Å². The zero-order valence-electron chi connectivity index (χ0n) is 26.1. The van der Waals surface area contributed by atoms with Crippen molar-refractivity contribution in [2.24, 2.45) is 0 Å². The third kappa shape index (κ3) is 8.72. The second-order valence-corrected chi connectivity index (χ2v) is 11.0. The highest BCUT2D eigenvalue weighted by Crippen LogP contribution is 2.27. The van der Waals surface area contributed by atoms with Gasteiger partial charge in [-0.15, -0.1) is 24.8 Å². The van der Waals surface area contributed by atoms with E-state index in [9.17, 15) is 14.4 Å². The number of carbonyl (C=O) groups is 2. The van der Waals surface area contributed by atoms with Crippen molar-refractivity contribution in [1.82, 2.24) is 25.2 Å². The summed E-state index contributed by atoms with van der Waals surface area (Å²) in [6, 6.07) is 20.7. The van der Waals surface area contributed by atoms with Gasteiger partial charge in [-0.2, -0.15) is 0 Å². The SMILES string of the molecule is CCNC(=O)COC(NC(=O)[C@@H]1CCc2cnc(NC[C@@H](c3ccc(C)cc3)c3ccc(C)cn3)c(=O)n21)c1ccccc1.Cl.Cl. The van der Waals surface area contributed by atoms with E-state index in [-0.39, 0.29) is 60.5 Å². The fourth-order valence-electron chi connectivity index (χ4n) is 5.37. The summed E-state index contributed by atoms with van der Waals surface area (Å²) in [6.45, 7) is 6.51. The fraction of sp³-hybridized carbons (Fsp3) is 0.324. The Morgan fingerprint density at radius 3 is 2.33 bits per heavy atom. The van der Waals surface area contributed by atoms with Crippen LogP contribution in [0.25, 0.3) is 0 Å². The van der Waals surface area contributed by atoms with E-state index in [1.165, 1.54) is 4.57 Å². The van der Waals surface area contributed by atoms with Crippen LogP contribution in [-0.4, -0.2) is 46.0 Å². The molecule has 1 aliphatic heterocycles. The number of likely N-dealkylation sites (N-methyl/N-ethyl adjacent to an activating group) is 1. The Morgan fingerprint density at radius 1 is 0.935 bits per heavy atom. The van der Waals surface area contributed by atoms with Gasteiger partial charge < -0.3 is 20.7 Å². The van der Waals surface area contributed by atoms with Gasteiger partial charge in [-0.1, -0.05) is 66.2 Å². The minimum atomic E-state index is -0.859. The van der Waals surface area contributed by atoms with Gasteiger partial charge in [-0.05, 0) is 50.8 Å². The first-order chi connectivity index (χ1) is 21.3. The molecule has 3 atom stereocenters. The maximum absolute atomic E-state index is 13.8. The number of ether oxygens (including phenoxy) is 1. The van der Waals surface area contributed by atoms with Crippen LogP contribution in [0.1, 0.15) is 65.2 Å². The summed E-state index contributed by atoms with van der Waals surface area (Å²) >= 11 is 0. The van der Waals surface area contributed by atoms with Crippen LogP contribution in [0.15, 0.2) is 83.9 Å². The molecule has 0 saturated carbocycles. The molecule has 4 aromatic rings. The smallest absolute Gasteiger partial charge is 0.294 e. The van der Waals surface area contributed by atoms with Gasteiger partial charge in [0.2, 0.25) is 11.8 Å². The lowest BCUT2D eigenvalue weighted by Gasteiger charge is -2.23. The number of anilines is 1. The number of hydrogen-bond donors (Lipinski definition) is 3. The molecular weight excluding hydrogens is 627 g/mol. The van der Waals surface area contributed by atoms with Crippen molar-refractivity contribution in [3.05, 3.63) is 123 Å². The molecule has 0 aliphatic carbocycles. The Balaban J connectivity index is 0.00000288. The predicted molar refractivity (Wildman–Crippen MR) is 183 cm³/mol. The zero-order chi connectivity index (χ0) is 31.1. The van der Waals surface area contributed by atoms with Gasteiger partial charge in [-0.25, -0.2) is 4.98 Å². The second kappa shape index (κ2) is 16.9. The first kappa shape index (κ1) is 36.2. The molecule has 46 heavy (non-hydrogen) atoms. The molecular formula is C34H40Cl2N6O4. The number of pyridine rings is 1. The predicted octanol–water partition coefficient (Wildman–Crippen LogP) is 4.80. The van der Waals surface area contributed by atoms with Crippen molar-refractivity contribution in [3.8, 4) is 0 Å². The van der Waals surface area contributed by atoms with Gasteiger partial charge >= 0.3 is 0 Å². The maximum Gasteiger partial charge on any atom is 0.294 e. The van der Waals surface area contributed by atoms with Gasteiger partial charge in [0.05, 0.1) is 0 Å². The lowest BCUT2D eigenvalue weighted by molar-refractivity contribution is -0.135. The highest BCUT2D eigenvalue weighted by atomic mass is 35.5. The molecule has 2 amide bonds. The van der Waals surface area contributed by atoms with Gasteiger partial charge in [0, 0.05) is 48.4 Å². The molecule has 3 N–H and O–H groups in total. The number of carbonyl (C=O) groups excluding carboxylic acids is 2. The number of nitrogens with zero attached hydrogens (tertiary/aromatic N) is 3. The maximum atomic E-state index is 13.8. The van der Waals surface area contributed by atoms with Gasteiger partial charge in [0.1, 0.15) is 12.6 Å². The van der Waals surface area contributed by atoms with Crippen LogP contribution < -0.4 is 21.5 Å². The summed E-state index contributed by atoms with van der Waals surface area (Å²) in [5, 5.41) is 8.86. The highest BCUT2D eigenvalue weighted by molar-refractivity contribution is 5.85.